The summed E-state index contributed by atoms with van der Waals surface area (Å²) in [6.45, 7) is 8.93. The van der Waals surface area contributed by atoms with E-state index in [1.807, 2.05) is 122 Å². The molecular formula is C49H34F3N9. The molecule has 0 aliphatic rings. The Morgan fingerprint density at radius 2 is 0.918 bits per heavy atom. The number of rotatable bonds is 5. The zero-order chi connectivity index (χ0) is 42.3. The van der Waals surface area contributed by atoms with E-state index in [9.17, 15) is 18.4 Å². The number of nitrogens with zero attached hydrogens (tertiary/aromatic N) is 9. The number of fused-ring (bicyclic) bond motifs is 6. The first kappa shape index (κ1) is 37.5. The fourth-order valence-corrected chi connectivity index (χ4v) is 8.64. The van der Waals surface area contributed by atoms with Crippen LogP contribution in [0.25, 0.3) is 88.9 Å². The molecule has 12 heteroatoms. The van der Waals surface area contributed by atoms with Crippen LogP contribution in [-0.4, -0.2) is 39.0 Å². The van der Waals surface area contributed by atoms with Crippen molar-refractivity contribution in [2.24, 2.45) is 0 Å². The Kier molecular flexibility index (Phi) is 8.55. The van der Waals surface area contributed by atoms with Crippen molar-refractivity contribution in [1.29, 1.82) is 5.26 Å². The average molecular weight is 806 g/mol. The third kappa shape index (κ3) is 6.33. The second-order valence-corrected chi connectivity index (χ2v) is 15.3. The molecule has 0 N–H and O–H groups in total. The molecule has 0 radical (unpaired) electrons. The van der Waals surface area contributed by atoms with Gasteiger partial charge in [-0.2, -0.15) is 18.4 Å². The summed E-state index contributed by atoms with van der Waals surface area (Å²) in [4.78, 5) is 27.3. The highest BCUT2D eigenvalue weighted by atomic mass is 19.4. The van der Waals surface area contributed by atoms with E-state index < -0.39 is 11.7 Å². The zero-order valence-corrected chi connectivity index (χ0v) is 33.6. The summed E-state index contributed by atoms with van der Waals surface area (Å²) in [5.41, 5.74) is 6.41. The number of halogens is 3. The summed E-state index contributed by atoms with van der Waals surface area (Å²) in [5, 5.41) is 14.5. The van der Waals surface area contributed by atoms with Crippen molar-refractivity contribution in [1.82, 2.24) is 39.0 Å². The first-order valence-electron chi connectivity index (χ1n) is 19.6. The molecule has 0 aliphatic heterocycles. The highest BCUT2D eigenvalue weighted by molar-refractivity contribution is 6.13. The molecule has 9 nitrogen and oxygen atoms in total. The SMILES string of the molecule is Cc1cc(-c2c(-n3c4ccccc4c4ccc(-c5nc(C)nc(C)n5)cc43)cc(C#N)cc2-n2c3ccccc3c3ccc(-c4nc(C)nc(C)n4)cc32)cc(C(F)(F)F)c1. The number of benzene rings is 6. The molecule has 296 valence electrons. The molecule has 4 aromatic heterocycles. The molecule has 4 heterocycles. The smallest absolute Gasteiger partial charge is 0.308 e. The van der Waals surface area contributed by atoms with Gasteiger partial charge < -0.3 is 9.13 Å². The Hall–Kier alpha value is -7.78. The molecule has 0 fully saturated rings. The number of hydrogen-bond donors (Lipinski definition) is 0. The number of para-hydroxylation sites is 2. The van der Waals surface area contributed by atoms with Crippen molar-refractivity contribution in [3.05, 3.63) is 155 Å². The van der Waals surface area contributed by atoms with E-state index in [1.165, 1.54) is 6.07 Å². The highest BCUT2D eigenvalue weighted by Crippen LogP contribution is 2.45. The van der Waals surface area contributed by atoms with E-state index in [-0.39, 0.29) is 0 Å². The van der Waals surface area contributed by atoms with Crippen molar-refractivity contribution in [2.75, 3.05) is 0 Å². The van der Waals surface area contributed by atoms with Gasteiger partial charge in [-0.05, 0) is 94.3 Å². The van der Waals surface area contributed by atoms with Crippen molar-refractivity contribution in [3.63, 3.8) is 0 Å². The van der Waals surface area contributed by atoms with Gasteiger partial charge >= 0.3 is 6.18 Å². The number of nitriles is 1. The topological polar surface area (TPSA) is 111 Å². The lowest BCUT2D eigenvalue weighted by molar-refractivity contribution is -0.137. The lowest BCUT2D eigenvalue weighted by Crippen LogP contribution is -2.08. The molecule has 0 atom stereocenters. The van der Waals surface area contributed by atoms with E-state index in [1.54, 1.807) is 25.1 Å². The van der Waals surface area contributed by atoms with Gasteiger partial charge in [-0.25, -0.2) is 29.9 Å². The molecule has 61 heavy (non-hydrogen) atoms. The van der Waals surface area contributed by atoms with Gasteiger partial charge in [0.25, 0.3) is 0 Å². The molecule has 10 rings (SSSR count). The Labute approximate surface area is 347 Å². The molecular weight excluding hydrogens is 772 g/mol. The molecule has 0 unspecified atom stereocenters. The van der Waals surface area contributed by atoms with Gasteiger partial charge in [0, 0.05) is 38.2 Å². The minimum atomic E-state index is -4.63. The summed E-state index contributed by atoms with van der Waals surface area (Å²) in [6, 6.07) is 37.8. The first-order valence-corrected chi connectivity index (χ1v) is 19.6. The molecule has 0 aliphatic carbocycles. The van der Waals surface area contributed by atoms with Gasteiger partial charge in [-0.15, -0.1) is 0 Å². The van der Waals surface area contributed by atoms with Crippen LogP contribution in [0.15, 0.2) is 115 Å². The Morgan fingerprint density at radius 3 is 1.36 bits per heavy atom. The Bertz CT molecular complexity index is 3270. The number of aromatic nitrogens is 8. The molecule has 0 saturated carbocycles. The van der Waals surface area contributed by atoms with Crippen LogP contribution in [0.3, 0.4) is 0 Å². The van der Waals surface area contributed by atoms with Crippen LogP contribution in [0.5, 0.6) is 0 Å². The maximum absolute atomic E-state index is 14.8. The van der Waals surface area contributed by atoms with Gasteiger partial charge in [0.1, 0.15) is 23.3 Å². The van der Waals surface area contributed by atoms with E-state index in [4.69, 9.17) is 0 Å². The van der Waals surface area contributed by atoms with Crippen molar-refractivity contribution >= 4 is 43.6 Å². The van der Waals surface area contributed by atoms with Gasteiger partial charge in [-0.3, -0.25) is 0 Å². The lowest BCUT2D eigenvalue weighted by Gasteiger charge is -2.22. The summed E-state index contributed by atoms with van der Waals surface area (Å²) in [7, 11) is 0. The number of hydrogen-bond acceptors (Lipinski definition) is 7. The average Bonchev–Trinajstić information content (AvgIpc) is 3.74. The second kappa shape index (κ2) is 13.9. The van der Waals surface area contributed by atoms with Crippen LogP contribution in [0.2, 0.25) is 0 Å². The van der Waals surface area contributed by atoms with Gasteiger partial charge in [0.2, 0.25) is 0 Å². The van der Waals surface area contributed by atoms with Crippen LogP contribution in [0.1, 0.15) is 40.0 Å². The number of alkyl halides is 3. The predicted octanol–water partition coefficient (Wildman–Crippen LogP) is 11.7. The Balaban J connectivity index is 1.38. The normalized spacial score (nSPS) is 11.9. The molecule has 0 saturated heterocycles. The third-order valence-corrected chi connectivity index (χ3v) is 11.0. The predicted molar refractivity (Wildman–Crippen MR) is 232 cm³/mol. The molecule has 10 aromatic rings. The van der Waals surface area contributed by atoms with E-state index >= 15 is 0 Å². The van der Waals surface area contributed by atoms with Crippen LogP contribution in [-0.2, 0) is 6.18 Å². The zero-order valence-electron chi connectivity index (χ0n) is 33.6. The minimum Gasteiger partial charge on any atom is -0.308 e. The molecule has 6 aromatic carbocycles. The quantitative estimate of drug-likeness (QED) is 0.170. The van der Waals surface area contributed by atoms with E-state index in [0.717, 1.165) is 60.8 Å². The molecule has 0 spiro atoms. The van der Waals surface area contributed by atoms with Crippen LogP contribution in [0, 0.1) is 45.9 Å². The van der Waals surface area contributed by atoms with Crippen molar-refractivity contribution in [2.45, 2.75) is 40.8 Å². The van der Waals surface area contributed by atoms with Gasteiger partial charge in [0.05, 0.1) is 50.6 Å². The summed E-state index contributed by atoms with van der Waals surface area (Å²) in [5.74, 6) is 3.29. The summed E-state index contributed by atoms with van der Waals surface area (Å²) in [6.07, 6.45) is -4.63. The van der Waals surface area contributed by atoms with Crippen molar-refractivity contribution in [3.8, 4) is 51.3 Å². The number of aryl methyl sites for hydroxylation is 5. The highest BCUT2D eigenvalue weighted by Gasteiger charge is 2.32. The monoisotopic (exact) mass is 805 g/mol. The molecule has 0 bridgehead atoms. The minimum absolute atomic E-state index is 0.314. The van der Waals surface area contributed by atoms with Gasteiger partial charge in [-0.1, -0.05) is 66.7 Å². The van der Waals surface area contributed by atoms with Crippen molar-refractivity contribution < 1.29 is 13.2 Å². The van der Waals surface area contributed by atoms with Crippen LogP contribution < -0.4 is 0 Å². The third-order valence-electron chi connectivity index (χ3n) is 11.0. The summed E-state index contributed by atoms with van der Waals surface area (Å²) >= 11 is 0. The molecule has 0 amide bonds. The lowest BCUT2D eigenvalue weighted by atomic mass is 9.95. The summed E-state index contributed by atoms with van der Waals surface area (Å²) < 4.78 is 48.5. The first-order chi connectivity index (χ1) is 29.3. The fourth-order valence-electron chi connectivity index (χ4n) is 8.64. The maximum Gasteiger partial charge on any atom is 0.416 e. The van der Waals surface area contributed by atoms with Gasteiger partial charge in [0.15, 0.2) is 11.6 Å². The standard InChI is InChI=1S/C49H34F3N9/c1-26-18-34(22-35(19-26)49(50,51)52)46-44(60-40-12-8-6-10-36(40)38-16-14-32(23-42(38)60)47-56-27(2)54-28(3)57-47)20-31(25-53)21-45(46)61-41-13-9-7-11-37(41)39-17-15-33(24-43(39)61)48-58-29(4)55-30(5)59-48/h6-24H,1-5H3. The van der Waals surface area contributed by atoms with Crippen LogP contribution >= 0.6 is 0 Å². The maximum atomic E-state index is 14.8. The van der Waals surface area contributed by atoms with Crippen LogP contribution in [0.4, 0.5) is 13.2 Å². The van der Waals surface area contributed by atoms with E-state index in [2.05, 4.69) is 36.0 Å². The Morgan fingerprint density at radius 1 is 0.475 bits per heavy atom. The largest absolute Gasteiger partial charge is 0.416 e. The van der Waals surface area contributed by atoms with E-state index in [0.29, 0.717) is 68.6 Å². The fraction of sp³-hybridized carbons (Fsp3) is 0.122. The second-order valence-electron chi connectivity index (χ2n) is 15.3.